The van der Waals surface area contributed by atoms with Crippen molar-refractivity contribution in [3.63, 3.8) is 0 Å². The summed E-state index contributed by atoms with van der Waals surface area (Å²) in [4.78, 5) is 23.3. The van der Waals surface area contributed by atoms with Crippen molar-refractivity contribution in [2.75, 3.05) is 6.54 Å². The highest BCUT2D eigenvalue weighted by Crippen LogP contribution is 2.31. The molecule has 0 spiro atoms. The zero-order chi connectivity index (χ0) is 13.8. The number of fused-ring (bicyclic) bond motifs is 1. The molecule has 1 aromatic heterocycles. The third kappa shape index (κ3) is 2.93. The lowest BCUT2D eigenvalue weighted by Gasteiger charge is -2.04. The van der Waals surface area contributed by atoms with Crippen LogP contribution in [0.1, 0.15) is 28.6 Å². The molecule has 2 N–H and O–H groups in total. The number of nitrogens with one attached hydrogen (secondary N) is 1. The zero-order valence-corrected chi connectivity index (χ0v) is 11.4. The minimum Gasteiger partial charge on any atom is -0.477 e. The molecule has 1 heterocycles. The lowest BCUT2D eigenvalue weighted by molar-refractivity contribution is -0.120. The van der Waals surface area contributed by atoms with Crippen LogP contribution in [0.2, 0.25) is 0 Å². The number of hydrogen-bond acceptors (Lipinski definition) is 3. The standard InChI is InChI=1S/C14H15NO3S/c1-2-7-15-12(16)8-10-9-5-3-4-6-11(9)19-13(10)14(17)18/h3-6H,2,7-8H2,1H3,(H,15,16)(H,17,18). The fourth-order valence-electron chi connectivity index (χ4n) is 1.93. The van der Waals surface area contributed by atoms with Gasteiger partial charge in [0.1, 0.15) is 4.88 Å². The lowest BCUT2D eigenvalue weighted by Crippen LogP contribution is -2.26. The molecule has 1 amide bonds. The van der Waals surface area contributed by atoms with Crippen LogP contribution in [-0.2, 0) is 11.2 Å². The summed E-state index contributed by atoms with van der Waals surface area (Å²) >= 11 is 1.22. The van der Waals surface area contributed by atoms with Crippen LogP contribution in [0.15, 0.2) is 24.3 Å². The molecule has 0 aliphatic carbocycles. The van der Waals surface area contributed by atoms with Crippen molar-refractivity contribution in [3.05, 3.63) is 34.7 Å². The van der Waals surface area contributed by atoms with E-state index in [1.807, 2.05) is 31.2 Å². The molecule has 0 aliphatic heterocycles. The maximum Gasteiger partial charge on any atom is 0.346 e. The molecule has 2 rings (SSSR count). The van der Waals surface area contributed by atoms with Gasteiger partial charge in [-0.05, 0) is 23.4 Å². The Hall–Kier alpha value is -1.88. The molecule has 1 aromatic carbocycles. The van der Waals surface area contributed by atoms with Crippen LogP contribution in [0.25, 0.3) is 10.1 Å². The third-order valence-corrected chi connectivity index (χ3v) is 4.00. The van der Waals surface area contributed by atoms with Crippen LogP contribution in [0, 0.1) is 0 Å². The molecule has 0 saturated carbocycles. The number of amides is 1. The predicted octanol–water partition coefficient (Wildman–Crippen LogP) is 2.67. The van der Waals surface area contributed by atoms with Crippen LogP contribution in [0.5, 0.6) is 0 Å². The summed E-state index contributed by atoms with van der Waals surface area (Å²) in [6.07, 6.45) is 0.980. The number of carbonyl (C=O) groups excluding carboxylic acids is 1. The van der Waals surface area contributed by atoms with E-state index < -0.39 is 5.97 Å². The van der Waals surface area contributed by atoms with E-state index in [1.165, 1.54) is 11.3 Å². The van der Waals surface area contributed by atoms with Gasteiger partial charge in [-0.25, -0.2) is 4.79 Å². The van der Waals surface area contributed by atoms with E-state index in [0.717, 1.165) is 16.5 Å². The van der Waals surface area contributed by atoms with Crippen molar-refractivity contribution in [2.24, 2.45) is 0 Å². The molecule has 0 unspecified atom stereocenters. The van der Waals surface area contributed by atoms with E-state index in [2.05, 4.69) is 5.32 Å². The topological polar surface area (TPSA) is 66.4 Å². The average Bonchev–Trinajstić information content (AvgIpc) is 2.76. The lowest BCUT2D eigenvalue weighted by atomic mass is 10.1. The van der Waals surface area contributed by atoms with E-state index in [4.69, 9.17) is 0 Å². The van der Waals surface area contributed by atoms with Gasteiger partial charge < -0.3 is 10.4 Å². The van der Waals surface area contributed by atoms with E-state index >= 15 is 0 Å². The van der Waals surface area contributed by atoms with Gasteiger partial charge in [0.15, 0.2) is 0 Å². The molecule has 0 saturated heterocycles. The fourth-order valence-corrected chi connectivity index (χ4v) is 2.99. The highest BCUT2D eigenvalue weighted by Gasteiger charge is 2.19. The summed E-state index contributed by atoms with van der Waals surface area (Å²) in [6, 6.07) is 7.46. The van der Waals surface area contributed by atoms with Crippen molar-refractivity contribution < 1.29 is 14.7 Å². The number of hydrogen-bond donors (Lipinski definition) is 2. The summed E-state index contributed by atoms with van der Waals surface area (Å²) in [5.41, 5.74) is 0.613. The van der Waals surface area contributed by atoms with E-state index in [-0.39, 0.29) is 17.2 Å². The first-order valence-electron chi connectivity index (χ1n) is 6.14. The van der Waals surface area contributed by atoms with Gasteiger partial charge in [0.05, 0.1) is 6.42 Å². The fraction of sp³-hybridized carbons (Fsp3) is 0.286. The Morgan fingerprint density at radius 1 is 1.32 bits per heavy atom. The second-order valence-corrected chi connectivity index (χ2v) is 5.29. The van der Waals surface area contributed by atoms with Crippen LogP contribution in [0.3, 0.4) is 0 Å². The quantitative estimate of drug-likeness (QED) is 0.883. The maximum atomic E-state index is 11.8. The smallest absolute Gasteiger partial charge is 0.346 e. The highest BCUT2D eigenvalue weighted by molar-refractivity contribution is 7.21. The molecule has 5 heteroatoms. The van der Waals surface area contributed by atoms with Gasteiger partial charge in [0, 0.05) is 11.2 Å². The minimum atomic E-state index is -0.973. The van der Waals surface area contributed by atoms with Crippen molar-refractivity contribution in [2.45, 2.75) is 19.8 Å². The van der Waals surface area contributed by atoms with Crippen LogP contribution < -0.4 is 5.32 Å². The van der Waals surface area contributed by atoms with Crippen molar-refractivity contribution in [1.29, 1.82) is 0 Å². The summed E-state index contributed by atoms with van der Waals surface area (Å²) in [5.74, 6) is -1.10. The van der Waals surface area contributed by atoms with Crippen LogP contribution in [0.4, 0.5) is 0 Å². The molecule has 0 atom stereocenters. The van der Waals surface area contributed by atoms with E-state index in [1.54, 1.807) is 0 Å². The number of rotatable bonds is 5. The molecular weight excluding hydrogens is 262 g/mol. The molecule has 4 nitrogen and oxygen atoms in total. The monoisotopic (exact) mass is 277 g/mol. The molecule has 0 radical (unpaired) electrons. The molecule has 19 heavy (non-hydrogen) atoms. The summed E-state index contributed by atoms with van der Waals surface area (Å²) in [7, 11) is 0. The van der Waals surface area contributed by atoms with Crippen molar-refractivity contribution in [3.8, 4) is 0 Å². The zero-order valence-electron chi connectivity index (χ0n) is 10.6. The first-order chi connectivity index (χ1) is 9.13. The third-order valence-electron chi connectivity index (χ3n) is 2.80. The van der Waals surface area contributed by atoms with Gasteiger partial charge in [-0.2, -0.15) is 0 Å². The molecular formula is C14H15NO3S. The molecule has 2 aromatic rings. The largest absolute Gasteiger partial charge is 0.477 e. The van der Waals surface area contributed by atoms with Gasteiger partial charge >= 0.3 is 5.97 Å². The van der Waals surface area contributed by atoms with E-state index in [0.29, 0.717) is 12.1 Å². The van der Waals surface area contributed by atoms with Crippen molar-refractivity contribution >= 4 is 33.3 Å². The van der Waals surface area contributed by atoms with Crippen LogP contribution in [-0.4, -0.2) is 23.5 Å². The number of carboxylic acids is 1. The number of carbonyl (C=O) groups is 2. The Kier molecular flexibility index (Phi) is 4.16. The Labute approximate surface area is 115 Å². The molecule has 0 aliphatic rings. The Balaban J connectivity index is 2.36. The summed E-state index contributed by atoms with van der Waals surface area (Å²) in [5, 5.41) is 12.9. The molecule has 100 valence electrons. The number of thiophene rings is 1. The number of benzene rings is 1. The summed E-state index contributed by atoms with van der Waals surface area (Å²) < 4.78 is 0.901. The predicted molar refractivity (Wildman–Crippen MR) is 75.8 cm³/mol. The Morgan fingerprint density at radius 2 is 2.05 bits per heavy atom. The highest BCUT2D eigenvalue weighted by atomic mass is 32.1. The normalized spacial score (nSPS) is 10.6. The average molecular weight is 277 g/mol. The molecule has 0 fully saturated rings. The Bertz CT molecular complexity index is 618. The number of aromatic carboxylic acids is 1. The minimum absolute atomic E-state index is 0.117. The summed E-state index contributed by atoms with van der Waals surface area (Å²) in [6.45, 7) is 2.59. The van der Waals surface area contributed by atoms with Gasteiger partial charge in [-0.3, -0.25) is 4.79 Å². The molecule has 0 bridgehead atoms. The second kappa shape index (κ2) is 5.84. The number of carboxylic acid groups (broad SMARTS) is 1. The van der Waals surface area contributed by atoms with Gasteiger partial charge in [0.25, 0.3) is 0 Å². The Morgan fingerprint density at radius 3 is 2.74 bits per heavy atom. The van der Waals surface area contributed by atoms with Crippen molar-refractivity contribution in [1.82, 2.24) is 5.32 Å². The van der Waals surface area contributed by atoms with Gasteiger partial charge in [-0.1, -0.05) is 25.1 Å². The second-order valence-electron chi connectivity index (χ2n) is 4.24. The van der Waals surface area contributed by atoms with Gasteiger partial charge in [-0.15, -0.1) is 11.3 Å². The first kappa shape index (κ1) is 13.5. The SMILES string of the molecule is CCCNC(=O)Cc1c(C(=O)O)sc2ccccc12. The van der Waals surface area contributed by atoms with Gasteiger partial charge in [0.2, 0.25) is 5.91 Å². The maximum absolute atomic E-state index is 11.8. The first-order valence-corrected chi connectivity index (χ1v) is 6.95. The van der Waals surface area contributed by atoms with E-state index in [9.17, 15) is 14.7 Å². The van der Waals surface area contributed by atoms with Crippen LogP contribution >= 0.6 is 11.3 Å².